The van der Waals surface area contributed by atoms with Gasteiger partial charge in [-0.1, -0.05) is 48.5 Å². The van der Waals surface area contributed by atoms with Crippen molar-refractivity contribution >= 4 is 12.1 Å². The Labute approximate surface area is 164 Å². The minimum atomic E-state index is -4.87. The molecule has 1 aliphatic rings. The van der Waals surface area contributed by atoms with Crippen molar-refractivity contribution in [3.63, 3.8) is 0 Å². The van der Waals surface area contributed by atoms with Gasteiger partial charge in [-0.15, -0.1) is 13.2 Å². The fourth-order valence-electron chi connectivity index (χ4n) is 3.33. The van der Waals surface area contributed by atoms with Gasteiger partial charge in [0, 0.05) is 12.3 Å². The molecule has 0 spiro atoms. The zero-order valence-corrected chi connectivity index (χ0v) is 15.1. The normalized spacial score (nSPS) is 14.0. The molecule has 2 aromatic carbocycles. The number of nitrogens with one attached hydrogen (secondary N) is 1. The highest BCUT2D eigenvalue weighted by molar-refractivity contribution is 5.81. The third kappa shape index (κ3) is 5.05. The van der Waals surface area contributed by atoms with Gasteiger partial charge in [0.05, 0.1) is 6.61 Å². The van der Waals surface area contributed by atoms with Crippen molar-refractivity contribution < 1.29 is 37.3 Å². The lowest BCUT2D eigenvalue weighted by Crippen LogP contribution is -2.42. The SMILES string of the molecule is O=C(NC(CCOC(F)(F)F)C(=O)O)OCC1c2ccccc2-c2ccccc21. The summed E-state index contributed by atoms with van der Waals surface area (Å²) < 4.78 is 44.8. The van der Waals surface area contributed by atoms with Crippen LogP contribution in [0.1, 0.15) is 23.5 Å². The molecule has 0 aromatic heterocycles. The second-order valence-corrected chi connectivity index (χ2v) is 6.44. The average molecular weight is 409 g/mol. The monoisotopic (exact) mass is 409 g/mol. The first-order valence-corrected chi connectivity index (χ1v) is 8.81. The Morgan fingerprint density at radius 1 is 1.03 bits per heavy atom. The standard InChI is InChI=1S/C20H18F3NO5/c21-20(22,23)29-10-9-17(18(25)26)24-19(27)28-11-16-14-7-3-1-5-12(14)13-6-2-4-8-15(13)16/h1-8,16-17H,9-11H2,(H,24,27)(H,25,26). The number of rotatable bonds is 7. The molecule has 0 heterocycles. The van der Waals surface area contributed by atoms with E-state index in [2.05, 4.69) is 10.1 Å². The molecule has 0 saturated carbocycles. The minimum Gasteiger partial charge on any atom is -0.480 e. The van der Waals surface area contributed by atoms with E-state index in [-0.39, 0.29) is 12.5 Å². The molecule has 2 aromatic rings. The molecule has 2 N–H and O–H groups in total. The van der Waals surface area contributed by atoms with Gasteiger partial charge in [0.15, 0.2) is 0 Å². The lowest BCUT2D eigenvalue weighted by atomic mass is 9.98. The average Bonchev–Trinajstić information content (AvgIpc) is 2.98. The van der Waals surface area contributed by atoms with E-state index in [4.69, 9.17) is 9.84 Å². The Bertz CT molecular complexity index is 854. The highest BCUT2D eigenvalue weighted by Crippen LogP contribution is 2.44. The van der Waals surface area contributed by atoms with Gasteiger partial charge in [-0.25, -0.2) is 9.59 Å². The summed E-state index contributed by atoms with van der Waals surface area (Å²) in [6, 6.07) is 13.8. The first kappa shape index (κ1) is 20.7. The fraction of sp³-hybridized carbons (Fsp3) is 0.300. The second kappa shape index (κ2) is 8.52. The number of carboxylic acid groups (broad SMARTS) is 1. The molecule has 3 rings (SSSR count). The van der Waals surface area contributed by atoms with Crippen LogP contribution >= 0.6 is 0 Å². The summed E-state index contributed by atoms with van der Waals surface area (Å²) in [7, 11) is 0. The third-order valence-electron chi connectivity index (χ3n) is 4.61. The molecule has 6 nitrogen and oxygen atoms in total. The molecule has 1 unspecified atom stereocenters. The van der Waals surface area contributed by atoms with Crippen molar-refractivity contribution in [3.05, 3.63) is 59.7 Å². The third-order valence-corrected chi connectivity index (χ3v) is 4.61. The summed E-state index contributed by atoms with van der Waals surface area (Å²) in [6.45, 7) is -0.935. The Morgan fingerprint density at radius 2 is 1.59 bits per heavy atom. The van der Waals surface area contributed by atoms with Crippen LogP contribution in [0.15, 0.2) is 48.5 Å². The summed E-state index contributed by atoms with van der Waals surface area (Å²) in [5.74, 6) is -1.70. The van der Waals surface area contributed by atoms with E-state index >= 15 is 0 Å². The number of benzene rings is 2. The molecule has 29 heavy (non-hydrogen) atoms. The summed E-state index contributed by atoms with van der Waals surface area (Å²) >= 11 is 0. The number of aliphatic carboxylic acids is 1. The van der Waals surface area contributed by atoms with Crippen LogP contribution < -0.4 is 5.32 Å². The number of ether oxygens (including phenoxy) is 2. The quantitative estimate of drug-likeness (QED) is 0.725. The summed E-state index contributed by atoms with van der Waals surface area (Å²) in [6.07, 6.45) is -6.45. The van der Waals surface area contributed by atoms with E-state index < -0.39 is 37.5 Å². The van der Waals surface area contributed by atoms with Gasteiger partial charge in [0.25, 0.3) is 0 Å². The van der Waals surface area contributed by atoms with Gasteiger partial charge in [-0.05, 0) is 22.3 Å². The fourth-order valence-corrected chi connectivity index (χ4v) is 3.33. The van der Waals surface area contributed by atoms with Crippen LogP contribution in [0.3, 0.4) is 0 Å². The van der Waals surface area contributed by atoms with Crippen molar-refractivity contribution in [2.24, 2.45) is 0 Å². The molecule has 154 valence electrons. The zero-order chi connectivity index (χ0) is 21.0. The number of hydrogen-bond acceptors (Lipinski definition) is 4. The van der Waals surface area contributed by atoms with Gasteiger partial charge in [-0.3, -0.25) is 4.74 Å². The smallest absolute Gasteiger partial charge is 0.480 e. The zero-order valence-electron chi connectivity index (χ0n) is 15.1. The van der Waals surface area contributed by atoms with Crippen LogP contribution in [0, 0.1) is 0 Å². The van der Waals surface area contributed by atoms with Crippen LogP contribution in [-0.2, 0) is 14.3 Å². The Balaban J connectivity index is 1.61. The van der Waals surface area contributed by atoms with Gasteiger partial charge in [-0.2, -0.15) is 0 Å². The van der Waals surface area contributed by atoms with E-state index in [1.165, 1.54) is 0 Å². The Morgan fingerprint density at radius 3 is 2.10 bits per heavy atom. The van der Waals surface area contributed by atoms with Crippen LogP contribution in [-0.4, -0.2) is 42.8 Å². The lowest BCUT2D eigenvalue weighted by Gasteiger charge is -2.17. The van der Waals surface area contributed by atoms with E-state index in [1.807, 2.05) is 48.5 Å². The number of alkyl carbamates (subject to hydrolysis) is 1. The van der Waals surface area contributed by atoms with Gasteiger partial charge < -0.3 is 15.2 Å². The van der Waals surface area contributed by atoms with Crippen molar-refractivity contribution in [3.8, 4) is 11.1 Å². The van der Waals surface area contributed by atoms with Crippen LogP contribution in [0.5, 0.6) is 0 Å². The van der Waals surface area contributed by atoms with E-state index in [0.29, 0.717) is 0 Å². The first-order chi connectivity index (χ1) is 13.8. The van der Waals surface area contributed by atoms with Crippen LogP contribution in [0.4, 0.5) is 18.0 Å². The van der Waals surface area contributed by atoms with Crippen molar-refractivity contribution in [1.29, 1.82) is 0 Å². The molecule has 0 aliphatic heterocycles. The molecule has 0 radical (unpaired) electrons. The number of alkyl halides is 3. The predicted octanol–water partition coefficient (Wildman–Crippen LogP) is 3.90. The van der Waals surface area contributed by atoms with Crippen molar-refractivity contribution in [1.82, 2.24) is 5.32 Å². The number of hydrogen-bond donors (Lipinski definition) is 2. The number of halogens is 3. The number of carboxylic acids is 1. The summed E-state index contributed by atoms with van der Waals surface area (Å²) in [5, 5.41) is 11.2. The number of carbonyl (C=O) groups is 2. The molecule has 1 atom stereocenters. The van der Waals surface area contributed by atoms with Crippen molar-refractivity contribution in [2.45, 2.75) is 24.7 Å². The Kier molecular flexibility index (Phi) is 6.07. The molecule has 9 heteroatoms. The predicted molar refractivity (Wildman–Crippen MR) is 96.3 cm³/mol. The number of carbonyl (C=O) groups excluding carboxylic acids is 1. The van der Waals surface area contributed by atoms with E-state index in [9.17, 15) is 22.8 Å². The number of fused-ring (bicyclic) bond motifs is 3. The largest absolute Gasteiger partial charge is 0.522 e. The van der Waals surface area contributed by atoms with Gasteiger partial charge in [0.2, 0.25) is 0 Å². The maximum atomic E-state index is 12.0. The topological polar surface area (TPSA) is 84.9 Å². The first-order valence-electron chi connectivity index (χ1n) is 8.81. The molecular weight excluding hydrogens is 391 g/mol. The van der Waals surface area contributed by atoms with Gasteiger partial charge >= 0.3 is 18.4 Å². The molecule has 0 fully saturated rings. The second-order valence-electron chi connectivity index (χ2n) is 6.44. The highest BCUT2D eigenvalue weighted by Gasteiger charge is 2.31. The summed E-state index contributed by atoms with van der Waals surface area (Å²) in [5.41, 5.74) is 4.03. The van der Waals surface area contributed by atoms with E-state index in [1.54, 1.807) is 0 Å². The highest BCUT2D eigenvalue weighted by atomic mass is 19.4. The maximum Gasteiger partial charge on any atom is 0.522 e. The van der Waals surface area contributed by atoms with Crippen LogP contribution in [0.25, 0.3) is 11.1 Å². The van der Waals surface area contributed by atoms with E-state index in [0.717, 1.165) is 22.3 Å². The van der Waals surface area contributed by atoms with Crippen molar-refractivity contribution in [2.75, 3.05) is 13.2 Å². The Hall–Kier alpha value is -3.07. The molecule has 1 amide bonds. The molecule has 0 saturated heterocycles. The lowest BCUT2D eigenvalue weighted by molar-refractivity contribution is -0.324. The summed E-state index contributed by atoms with van der Waals surface area (Å²) in [4.78, 5) is 23.2. The van der Waals surface area contributed by atoms with Gasteiger partial charge in [0.1, 0.15) is 12.6 Å². The minimum absolute atomic E-state index is 0.0365. The molecular formula is C20H18F3NO5. The molecule has 1 aliphatic carbocycles. The number of amides is 1. The molecule has 0 bridgehead atoms. The van der Waals surface area contributed by atoms with Crippen LogP contribution in [0.2, 0.25) is 0 Å². The maximum absolute atomic E-state index is 12.0.